The zero-order chi connectivity index (χ0) is 17.2. The van der Waals surface area contributed by atoms with Gasteiger partial charge >= 0.3 is 5.63 Å². The highest BCUT2D eigenvalue weighted by Crippen LogP contribution is 2.26. The number of fused-ring (bicyclic) bond motifs is 1. The molecule has 0 aliphatic carbocycles. The topological polar surface area (TPSA) is 52.3 Å². The smallest absolute Gasteiger partial charge is 0.363 e. The van der Waals surface area contributed by atoms with Crippen molar-refractivity contribution < 1.29 is 9.15 Å². The molecule has 0 saturated heterocycles. The molecule has 0 N–H and O–H groups in total. The zero-order valence-electron chi connectivity index (χ0n) is 13.6. The van der Waals surface area contributed by atoms with Crippen LogP contribution in [-0.2, 0) is 0 Å². The van der Waals surface area contributed by atoms with Crippen LogP contribution in [0.4, 0.5) is 0 Å². The van der Waals surface area contributed by atoms with Crippen molar-refractivity contribution in [2.45, 2.75) is 0 Å². The van der Waals surface area contributed by atoms with Crippen molar-refractivity contribution in [3.8, 4) is 28.1 Å². The third kappa shape index (κ3) is 2.90. The fourth-order valence-corrected chi connectivity index (χ4v) is 2.75. The SMILES string of the molecule is COc1ccc(-c2ccc3oc(=O)c(-c4ccccc4)nc3c2)cc1. The zero-order valence-corrected chi connectivity index (χ0v) is 13.6. The lowest BCUT2D eigenvalue weighted by molar-refractivity contribution is 0.415. The van der Waals surface area contributed by atoms with Gasteiger partial charge in [0.2, 0.25) is 0 Å². The number of aromatic nitrogens is 1. The van der Waals surface area contributed by atoms with E-state index in [0.29, 0.717) is 16.8 Å². The quantitative estimate of drug-likeness (QED) is 0.554. The molecule has 1 aromatic heterocycles. The van der Waals surface area contributed by atoms with E-state index in [4.69, 9.17) is 9.15 Å². The maximum Gasteiger partial charge on any atom is 0.363 e. The molecule has 0 aliphatic rings. The first-order valence-electron chi connectivity index (χ1n) is 7.89. The minimum atomic E-state index is -0.434. The lowest BCUT2D eigenvalue weighted by atomic mass is 10.0. The van der Waals surface area contributed by atoms with Crippen LogP contribution in [0.15, 0.2) is 82.0 Å². The Bertz CT molecular complexity index is 1080. The second kappa shape index (κ2) is 6.24. The molecular formula is C21H15NO3. The molecule has 4 heteroatoms. The summed E-state index contributed by atoms with van der Waals surface area (Å²) in [6, 6.07) is 22.7. The van der Waals surface area contributed by atoms with Crippen LogP contribution >= 0.6 is 0 Å². The molecule has 0 amide bonds. The van der Waals surface area contributed by atoms with Crippen molar-refractivity contribution in [2.24, 2.45) is 0 Å². The fourth-order valence-electron chi connectivity index (χ4n) is 2.75. The Morgan fingerprint density at radius 2 is 1.56 bits per heavy atom. The molecule has 4 nitrogen and oxygen atoms in total. The van der Waals surface area contributed by atoms with Gasteiger partial charge in [0.25, 0.3) is 0 Å². The van der Waals surface area contributed by atoms with Crippen molar-refractivity contribution in [3.05, 3.63) is 83.2 Å². The van der Waals surface area contributed by atoms with E-state index < -0.39 is 5.63 Å². The molecule has 0 spiro atoms. The van der Waals surface area contributed by atoms with Gasteiger partial charge in [0.15, 0.2) is 11.3 Å². The van der Waals surface area contributed by atoms with Crippen LogP contribution in [0, 0.1) is 0 Å². The summed E-state index contributed by atoms with van der Waals surface area (Å²) in [5, 5.41) is 0. The normalized spacial score (nSPS) is 10.8. The van der Waals surface area contributed by atoms with E-state index >= 15 is 0 Å². The van der Waals surface area contributed by atoms with Gasteiger partial charge in [-0.05, 0) is 35.4 Å². The van der Waals surface area contributed by atoms with Crippen molar-refractivity contribution in [1.29, 1.82) is 0 Å². The summed E-state index contributed by atoms with van der Waals surface area (Å²) in [5.41, 5.74) is 3.78. The Morgan fingerprint density at radius 3 is 2.28 bits per heavy atom. The molecule has 0 atom stereocenters. The van der Waals surface area contributed by atoms with Gasteiger partial charge in [-0.2, -0.15) is 0 Å². The highest BCUT2D eigenvalue weighted by Gasteiger charge is 2.10. The number of hydrogen-bond donors (Lipinski definition) is 0. The van der Waals surface area contributed by atoms with Gasteiger partial charge in [0.05, 0.1) is 7.11 Å². The second-order valence-corrected chi connectivity index (χ2v) is 5.63. The highest BCUT2D eigenvalue weighted by molar-refractivity contribution is 5.81. The van der Waals surface area contributed by atoms with Gasteiger partial charge in [-0.25, -0.2) is 9.78 Å². The van der Waals surface area contributed by atoms with Crippen LogP contribution in [0.5, 0.6) is 5.75 Å². The molecule has 4 aromatic rings. The highest BCUT2D eigenvalue weighted by atomic mass is 16.5. The van der Waals surface area contributed by atoms with Crippen molar-refractivity contribution in [1.82, 2.24) is 4.98 Å². The summed E-state index contributed by atoms with van der Waals surface area (Å²) >= 11 is 0. The summed E-state index contributed by atoms with van der Waals surface area (Å²) in [6.45, 7) is 0. The number of benzene rings is 3. The first kappa shape index (κ1) is 15.1. The van der Waals surface area contributed by atoms with E-state index in [-0.39, 0.29) is 0 Å². The summed E-state index contributed by atoms with van der Waals surface area (Å²) in [5.74, 6) is 0.806. The van der Waals surface area contributed by atoms with E-state index in [1.165, 1.54) is 0 Å². The molecule has 0 saturated carbocycles. The molecule has 0 aliphatic heterocycles. The molecule has 0 bridgehead atoms. The molecule has 25 heavy (non-hydrogen) atoms. The van der Waals surface area contributed by atoms with Gasteiger partial charge in [0.1, 0.15) is 11.3 Å². The minimum absolute atomic E-state index is 0.319. The van der Waals surface area contributed by atoms with Crippen molar-refractivity contribution >= 4 is 11.1 Å². The number of methoxy groups -OCH3 is 1. The van der Waals surface area contributed by atoms with Gasteiger partial charge < -0.3 is 9.15 Å². The molecule has 122 valence electrons. The van der Waals surface area contributed by atoms with Crippen LogP contribution in [0.25, 0.3) is 33.5 Å². The van der Waals surface area contributed by atoms with Crippen molar-refractivity contribution in [3.63, 3.8) is 0 Å². The average molecular weight is 329 g/mol. The molecule has 0 unspecified atom stereocenters. The summed E-state index contributed by atoms with van der Waals surface area (Å²) in [7, 11) is 1.64. The Balaban J connectivity index is 1.84. The first-order chi connectivity index (χ1) is 12.2. The average Bonchev–Trinajstić information content (AvgIpc) is 2.68. The Labute approximate surface area is 144 Å². The van der Waals surface area contributed by atoms with Gasteiger partial charge in [-0.15, -0.1) is 0 Å². The molecule has 4 rings (SSSR count). The summed E-state index contributed by atoms with van der Waals surface area (Å²) < 4.78 is 10.6. The lowest BCUT2D eigenvalue weighted by Crippen LogP contribution is -2.05. The second-order valence-electron chi connectivity index (χ2n) is 5.63. The van der Waals surface area contributed by atoms with Crippen LogP contribution in [0.1, 0.15) is 0 Å². The molecular weight excluding hydrogens is 314 g/mol. The van der Waals surface area contributed by atoms with Crippen molar-refractivity contribution in [2.75, 3.05) is 7.11 Å². The Kier molecular flexibility index (Phi) is 3.78. The Morgan fingerprint density at radius 1 is 0.840 bits per heavy atom. The third-order valence-corrected chi connectivity index (χ3v) is 4.06. The number of rotatable bonds is 3. The van der Waals surface area contributed by atoms with E-state index in [1.807, 2.05) is 66.7 Å². The van der Waals surface area contributed by atoms with E-state index in [0.717, 1.165) is 22.4 Å². The summed E-state index contributed by atoms with van der Waals surface area (Å²) in [6.07, 6.45) is 0. The minimum Gasteiger partial charge on any atom is -0.497 e. The van der Waals surface area contributed by atoms with Gasteiger partial charge in [-0.3, -0.25) is 0 Å². The predicted octanol–water partition coefficient (Wildman–Crippen LogP) is 4.53. The van der Waals surface area contributed by atoms with Crippen LogP contribution in [0.3, 0.4) is 0 Å². The van der Waals surface area contributed by atoms with E-state index in [9.17, 15) is 4.79 Å². The predicted molar refractivity (Wildman–Crippen MR) is 97.7 cm³/mol. The van der Waals surface area contributed by atoms with Crippen LogP contribution < -0.4 is 10.4 Å². The standard InChI is InChI=1S/C21H15NO3/c1-24-17-10-7-14(8-11-17)16-9-12-19-18(13-16)22-20(21(23)25-19)15-5-3-2-4-6-15/h2-13H,1H3. The monoisotopic (exact) mass is 329 g/mol. The molecule has 0 fully saturated rings. The number of ether oxygens (including phenoxy) is 1. The number of hydrogen-bond acceptors (Lipinski definition) is 4. The van der Waals surface area contributed by atoms with Gasteiger partial charge in [0, 0.05) is 5.56 Å². The largest absolute Gasteiger partial charge is 0.497 e. The first-order valence-corrected chi connectivity index (χ1v) is 7.89. The maximum atomic E-state index is 12.2. The Hall–Kier alpha value is -3.40. The summed E-state index contributed by atoms with van der Waals surface area (Å²) in [4.78, 5) is 16.7. The maximum absolute atomic E-state index is 12.2. The van der Waals surface area contributed by atoms with E-state index in [1.54, 1.807) is 13.2 Å². The lowest BCUT2D eigenvalue weighted by Gasteiger charge is -2.06. The van der Waals surface area contributed by atoms with Crippen LogP contribution in [-0.4, -0.2) is 12.1 Å². The third-order valence-electron chi connectivity index (χ3n) is 4.06. The fraction of sp³-hybridized carbons (Fsp3) is 0.0476. The molecule has 3 aromatic carbocycles. The number of nitrogens with zero attached hydrogens (tertiary/aromatic N) is 1. The van der Waals surface area contributed by atoms with Gasteiger partial charge in [-0.1, -0.05) is 48.5 Å². The molecule has 1 heterocycles. The van der Waals surface area contributed by atoms with E-state index in [2.05, 4.69) is 4.98 Å². The molecule has 0 radical (unpaired) electrons. The van der Waals surface area contributed by atoms with Crippen LogP contribution in [0.2, 0.25) is 0 Å².